The highest BCUT2D eigenvalue weighted by Crippen LogP contribution is 2.27. The molecule has 0 bridgehead atoms. The fraction of sp³-hybridized carbons (Fsp3) is 0.200. The van der Waals surface area contributed by atoms with Crippen LogP contribution >= 0.6 is 11.6 Å². The first-order chi connectivity index (χ1) is 10.5. The molecule has 3 aromatic heterocycles. The Morgan fingerprint density at radius 1 is 1.36 bits per heavy atom. The molecule has 3 heterocycles. The van der Waals surface area contributed by atoms with E-state index in [2.05, 4.69) is 25.3 Å². The number of H-pyrrole nitrogens is 1. The van der Waals surface area contributed by atoms with Gasteiger partial charge in [-0.2, -0.15) is 0 Å². The molecular weight excluding hydrogens is 302 g/mol. The second-order valence-corrected chi connectivity index (χ2v) is 5.92. The van der Waals surface area contributed by atoms with Crippen LogP contribution in [0.4, 0.5) is 5.82 Å². The first kappa shape index (κ1) is 14.5. The molecule has 0 unspecified atom stereocenters. The number of nitrogens with one attached hydrogen (secondary N) is 2. The van der Waals surface area contributed by atoms with Crippen LogP contribution in [0.25, 0.3) is 22.4 Å². The molecule has 3 rings (SSSR count). The quantitative estimate of drug-likeness (QED) is 0.723. The van der Waals surface area contributed by atoms with Crippen LogP contribution in [0, 0.1) is 0 Å². The van der Waals surface area contributed by atoms with Gasteiger partial charge in [-0.15, -0.1) is 0 Å². The number of pyridine rings is 1. The molecule has 112 valence electrons. The third kappa shape index (κ3) is 2.78. The topological polar surface area (TPSA) is 83.6 Å². The lowest BCUT2D eigenvalue weighted by Crippen LogP contribution is -2.32. The molecule has 22 heavy (non-hydrogen) atoms. The lowest BCUT2D eigenvalue weighted by molar-refractivity contribution is -0.110. The molecule has 6 nitrogen and oxygen atoms in total. The van der Waals surface area contributed by atoms with Crippen LogP contribution < -0.4 is 5.32 Å². The maximum absolute atomic E-state index is 11.0. The first-order valence-corrected chi connectivity index (χ1v) is 7.07. The maximum atomic E-state index is 11.0. The summed E-state index contributed by atoms with van der Waals surface area (Å²) in [6.45, 7) is 3.55. The molecular formula is C15H14ClN5O. The Hall–Kier alpha value is -2.47. The molecule has 0 amide bonds. The zero-order chi connectivity index (χ0) is 15.7. The molecule has 0 spiro atoms. The van der Waals surface area contributed by atoms with E-state index in [4.69, 9.17) is 11.6 Å². The van der Waals surface area contributed by atoms with Crippen molar-refractivity contribution in [2.75, 3.05) is 5.32 Å². The summed E-state index contributed by atoms with van der Waals surface area (Å²) in [6, 6.07) is 3.53. The van der Waals surface area contributed by atoms with E-state index in [0.29, 0.717) is 16.7 Å². The first-order valence-electron chi connectivity index (χ1n) is 6.69. The third-order valence-corrected chi connectivity index (χ3v) is 3.35. The van der Waals surface area contributed by atoms with Gasteiger partial charge in [-0.1, -0.05) is 11.6 Å². The van der Waals surface area contributed by atoms with Crippen LogP contribution in [0.15, 0.2) is 30.7 Å². The largest absolute Gasteiger partial charge is 0.358 e. The van der Waals surface area contributed by atoms with Gasteiger partial charge in [0.25, 0.3) is 0 Å². The van der Waals surface area contributed by atoms with E-state index in [0.717, 1.165) is 22.9 Å². The highest BCUT2D eigenvalue weighted by atomic mass is 35.5. The molecule has 0 atom stereocenters. The van der Waals surface area contributed by atoms with Gasteiger partial charge in [0.05, 0.1) is 10.6 Å². The normalized spacial score (nSPS) is 11.6. The predicted octanol–water partition coefficient (Wildman–Crippen LogP) is 3.06. The molecule has 7 heteroatoms. The number of aldehydes is 1. The molecule has 0 saturated heterocycles. The highest BCUT2D eigenvalue weighted by Gasteiger charge is 2.17. The van der Waals surface area contributed by atoms with Crippen molar-refractivity contribution in [3.05, 3.63) is 35.7 Å². The van der Waals surface area contributed by atoms with Gasteiger partial charge in [0, 0.05) is 29.5 Å². The number of aromatic nitrogens is 4. The van der Waals surface area contributed by atoms with Crippen molar-refractivity contribution in [1.29, 1.82) is 0 Å². The van der Waals surface area contributed by atoms with Gasteiger partial charge < -0.3 is 15.1 Å². The Labute approximate surface area is 132 Å². The van der Waals surface area contributed by atoms with Gasteiger partial charge in [-0.05, 0) is 26.0 Å². The summed E-state index contributed by atoms with van der Waals surface area (Å²) in [4.78, 5) is 27.0. The van der Waals surface area contributed by atoms with E-state index < -0.39 is 5.54 Å². The number of hydrogen-bond acceptors (Lipinski definition) is 5. The zero-order valence-electron chi connectivity index (χ0n) is 12.1. The van der Waals surface area contributed by atoms with Gasteiger partial charge in [-0.25, -0.2) is 15.0 Å². The molecule has 0 aliphatic rings. The second-order valence-electron chi connectivity index (χ2n) is 5.48. The minimum atomic E-state index is -0.698. The number of carbonyl (C=O) groups excluding carboxylic acids is 1. The van der Waals surface area contributed by atoms with Crippen molar-refractivity contribution in [2.45, 2.75) is 19.4 Å². The fourth-order valence-electron chi connectivity index (χ4n) is 2.08. The van der Waals surface area contributed by atoms with E-state index in [1.54, 1.807) is 38.5 Å². The molecule has 0 saturated carbocycles. The van der Waals surface area contributed by atoms with Crippen LogP contribution in [0.3, 0.4) is 0 Å². The third-order valence-electron chi connectivity index (χ3n) is 3.14. The van der Waals surface area contributed by atoms with Crippen molar-refractivity contribution in [2.24, 2.45) is 0 Å². The minimum Gasteiger partial charge on any atom is -0.358 e. The van der Waals surface area contributed by atoms with Crippen molar-refractivity contribution < 1.29 is 4.79 Å². The van der Waals surface area contributed by atoms with Crippen LogP contribution in [0.2, 0.25) is 5.02 Å². The van der Waals surface area contributed by atoms with E-state index in [1.807, 2.05) is 6.07 Å². The predicted molar refractivity (Wildman–Crippen MR) is 85.9 cm³/mol. The molecule has 2 N–H and O–H groups in total. The van der Waals surface area contributed by atoms with E-state index in [9.17, 15) is 4.79 Å². The molecule has 0 aliphatic heterocycles. The molecule has 0 fully saturated rings. The molecule has 3 aromatic rings. The molecule has 0 radical (unpaired) electrons. The number of halogens is 1. The van der Waals surface area contributed by atoms with Crippen molar-refractivity contribution in [1.82, 2.24) is 19.9 Å². The van der Waals surface area contributed by atoms with E-state index in [-0.39, 0.29) is 0 Å². The number of anilines is 1. The van der Waals surface area contributed by atoms with E-state index in [1.165, 1.54) is 0 Å². The summed E-state index contributed by atoms with van der Waals surface area (Å²) < 4.78 is 0. The number of carbonyl (C=O) groups is 1. The average molecular weight is 316 g/mol. The van der Waals surface area contributed by atoms with Gasteiger partial charge in [-0.3, -0.25) is 0 Å². The summed E-state index contributed by atoms with van der Waals surface area (Å²) in [5.74, 6) is 1.11. The number of nitrogens with zero attached hydrogens (tertiary/aromatic N) is 3. The Morgan fingerprint density at radius 3 is 2.95 bits per heavy atom. The Kier molecular flexibility index (Phi) is 3.54. The second kappa shape index (κ2) is 5.38. The van der Waals surface area contributed by atoms with Gasteiger partial charge in [0.1, 0.15) is 17.8 Å². The van der Waals surface area contributed by atoms with Crippen LogP contribution in [0.5, 0.6) is 0 Å². The molecule has 0 aromatic carbocycles. The maximum Gasteiger partial charge on any atom is 0.163 e. The van der Waals surface area contributed by atoms with Gasteiger partial charge in [0.15, 0.2) is 5.82 Å². The standard InChI is InChI=1S/C15H14ClN5O/c1-15(2,8-22)21-12-3-4-17-14(20-12)11-7-19-13-10(11)5-9(16)6-18-13/h3-8H,1-2H3,(H,18,19)(H,17,20,21). The van der Waals surface area contributed by atoms with Crippen molar-refractivity contribution >= 4 is 34.7 Å². The monoisotopic (exact) mass is 315 g/mol. The fourth-order valence-corrected chi connectivity index (χ4v) is 2.24. The molecule has 0 aliphatic carbocycles. The SMILES string of the molecule is CC(C)(C=O)Nc1ccnc(-c2c[nH]c3ncc(Cl)cc23)n1. The van der Waals surface area contributed by atoms with Crippen LogP contribution in [-0.2, 0) is 4.79 Å². The summed E-state index contributed by atoms with van der Waals surface area (Å²) in [5, 5.41) is 4.45. The Bertz CT molecular complexity index is 843. The lowest BCUT2D eigenvalue weighted by atomic mass is 10.1. The Balaban J connectivity index is 2.04. The van der Waals surface area contributed by atoms with Crippen LogP contribution in [0.1, 0.15) is 13.8 Å². The number of rotatable bonds is 4. The van der Waals surface area contributed by atoms with Gasteiger partial charge in [0.2, 0.25) is 0 Å². The minimum absolute atomic E-state index is 0.530. The van der Waals surface area contributed by atoms with Gasteiger partial charge >= 0.3 is 0 Å². The summed E-state index contributed by atoms with van der Waals surface area (Å²) in [7, 11) is 0. The smallest absolute Gasteiger partial charge is 0.163 e. The summed E-state index contributed by atoms with van der Waals surface area (Å²) >= 11 is 6.00. The number of aromatic amines is 1. The van der Waals surface area contributed by atoms with E-state index >= 15 is 0 Å². The summed E-state index contributed by atoms with van der Waals surface area (Å²) in [6.07, 6.45) is 5.85. The number of fused-ring (bicyclic) bond motifs is 1. The highest BCUT2D eigenvalue weighted by molar-refractivity contribution is 6.31. The van der Waals surface area contributed by atoms with Crippen LogP contribution in [-0.4, -0.2) is 31.8 Å². The zero-order valence-corrected chi connectivity index (χ0v) is 12.8. The number of hydrogen-bond donors (Lipinski definition) is 2. The Morgan fingerprint density at radius 2 is 2.18 bits per heavy atom. The van der Waals surface area contributed by atoms with Crippen molar-refractivity contribution in [3.8, 4) is 11.4 Å². The van der Waals surface area contributed by atoms with Crippen molar-refractivity contribution in [3.63, 3.8) is 0 Å². The summed E-state index contributed by atoms with van der Waals surface area (Å²) in [5.41, 5.74) is 0.823. The average Bonchev–Trinajstić information content (AvgIpc) is 2.90. The lowest BCUT2D eigenvalue weighted by Gasteiger charge is -2.19.